The Bertz CT molecular complexity index is 654. The summed E-state index contributed by atoms with van der Waals surface area (Å²) in [6, 6.07) is 11.6. The molecule has 2 aromatic rings. The first-order valence-electron chi connectivity index (χ1n) is 7.24. The van der Waals surface area contributed by atoms with Gasteiger partial charge in [-0.25, -0.2) is 0 Å². The predicted octanol–water partition coefficient (Wildman–Crippen LogP) is 3.08. The molecule has 0 saturated carbocycles. The summed E-state index contributed by atoms with van der Waals surface area (Å²) in [5, 5.41) is 13.1. The van der Waals surface area contributed by atoms with Crippen LogP contribution in [0.25, 0.3) is 0 Å². The van der Waals surface area contributed by atoms with Gasteiger partial charge in [0.2, 0.25) is 0 Å². The van der Waals surface area contributed by atoms with E-state index in [0.717, 1.165) is 5.56 Å². The monoisotopic (exact) mass is 315 g/mol. The van der Waals surface area contributed by atoms with Gasteiger partial charge in [-0.1, -0.05) is 30.3 Å². The van der Waals surface area contributed by atoms with Crippen LogP contribution in [-0.2, 0) is 4.79 Å². The highest BCUT2D eigenvalue weighted by Gasteiger charge is 2.34. The van der Waals surface area contributed by atoms with Crippen LogP contribution in [0.4, 0.5) is 0 Å². The smallest absolute Gasteiger partial charge is 0.308 e. The molecule has 1 aromatic heterocycles. The first-order valence-corrected chi connectivity index (χ1v) is 8.18. The number of rotatable bonds is 3. The second kappa shape index (κ2) is 6.32. The van der Waals surface area contributed by atoms with Crippen molar-refractivity contribution in [2.75, 3.05) is 13.1 Å². The van der Waals surface area contributed by atoms with Crippen LogP contribution in [0.15, 0.2) is 47.2 Å². The maximum Gasteiger partial charge on any atom is 0.308 e. The number of nitrogens with zero attached hydrogens (tertiary/aromatic N) is 1. The molecule has 5 heteroatoms. The fourth-order valence-electron chi connectivity index (χ4n) is 2.98. The van der Waals surface area contributed by atoms with Gasteiger partial charge in [-0.05, 0) is 23.4 Å². The average Bonchev–Trinajstić information content (AvgIpc) is 3.09. The minimum absolute atomic E-state index is 0.0682. The average molecular weight is 315 g/mol. The van der Waals surface area contributed by atoms with Crippen molar-refractivity contribution in [3.05, 3.63) is 58.3 Å². The van der Waals surface area contributed by atoms with Crippen LogP contribution in [0, 0.1) is 5.92 Å². The molecule has 0 unspecified atom stereocenters. The second-order valence-electron chi connectivity index (χ2n) is 5.60. The Morgan fingerprint density at radius 1 is 1.14 bits per heavy atom. The van der Waals surface area contributed by atoms with Gasteiger partial charge in [-0.3, -0.25) is 9.59 Å². The van der Waals surface area contributed by atoms with Crippen LogP contribution in [0.2, 0.25) is 0 Å². The van der Waals surface area contributed by atoms with E-state index in [2.05, 4.69) is 0 Å². The van der Waals surface area contributed by atoms with E-state index < -0.39 is 11.9 Å². The van der Waals surface area contributed by atoms with E-state index in [1.54, 1.807) is 11.0 Å². The fraction of sp³-hybridized carbons (Fsp3) is 0.294. The number of amides is 1. The summed E-state index contributed by atoms with van der Waals surface area (Å²) in [7, 11) is 0. The topological polar surface area (TPSA) is 57.6 Å². The highest BCUT2D eigenvalue weighted by molar-refractivity contribution is 7.08. The number of carboxylic acids is 1. The van der Waals surface area contributed by atoms with Crippen LogP contribution in [0.1, 0.15) is 28.3 Å². The van der Waals surface area contributed by atoms with Gasteiger partial charge in [-0.15, -0.1) is 0 Å². The molecule has 1 aliphatic rings. The zero-order chi connectivity index (χ0) is 15.5. The number of thiophene rings is 1. The molecule has 1 amide bonds. The third-order valence-corrected chi connectivity index (χ3v) is 4.81. The summed E-state index contributed by atoms with van der Waals surface area (Å²) >= 11 is 1.47. The number of carboxylic acid groups (broad SMARTS) is 1. The molecule has 114 valence electrons. The molecule has 2 heterocycles. The summed E-state index contributed by atoms with van der Waals surface area (Å²) in [5.74, 6) is -1.35. The van der Waals surface area contributed by atoms with E-state index >= 15 is 0 Å². The van der Waals surface area contributed by atoms with Crippen molar-refractivity contribution < 1.29 is 14.7 Å². The molecule has 1 aliphatic heterocycles. The summed E-state index contributed by atoms with van der Waals surface area (Å²) in [4.78, 5) is 25.7. The molecule has 0 radical (unpaired) electrons. The zero-order valence-corrected chi connectivity index (χ0v) is 12.8. The third-order valence-electron chi connectivity index (χ3n) is 4.13. The minimum atomic E-state index is -0.830. The van der Waals surface area contributed by atoms with Crippen molar-refractivity contribution in [2.45, 2.75) is 12.3 Å². The lowest BCUT2D eigenvalue weighted by Gasteiger charge is -2.36. The lowest BCUT2D eigenvalue weighted by atomic mass is 9.84. The number of hydrogen-bond donors (Lipinski definition) is 1. The SMILES string of the molecule is O=C(O)[C@H]1C[C@@H](c2ccccc2)CN(C(=O)c2ccsc2)C1. The molecule has 0 spiro atoms. The van der Waals surface area contributed by atoms with Gasteiger partial charge in [-0.2, -0.15) is 11.3 Å². The van der Waals surface area contributed by atoms with Gasteiger partial charge in [0.25, 0.3) is 5.91 Å². The largest absolute Gasteiger partial charge is 0.481 e. The highest BCUT2D eigenvalue weighted by atomic mass is 32.1. The van der Waals surface area contributed by atoms with E-state index in [1.165, 1.54) is 11.3 Å². The maximum absolute atomic E-state index is 12.5. The zero-order valence-electron chi connectivity index (χ0n) is 12.0. The van der Waals surface area contributed by atoms with E-state index in [1.807, 2.05) is 41.1 Å². The first-order chi connectivity index (χ1) is 10.6. The Morgan fingerprint density at radius 2 is 1.91 bits per heavy atom. The molecule has 0 aliphatic carbocycles. The molecule has 0 bridgehead atoms. The normalized spacial score (nSPS) is 21.5. The minimum Gasteiger partial charge on any atom is -0.481 e. The Morgan fingerprint density at radius 3 is 2.55 bits per heavy atom. The predicted molar refractivity (Wildman–Crippen MR) is 85.1 cm³/mol. The van der Waals surface area contributed by atoms with Gasteiger partial charge < -0.3 is 10.0 Å². The number of piperidine rings is 1. The van der Waals surface area contributed by atoms with Gasteiger partial charge in [0.15, 0.2) is 0 Å². The number of benzene rings is 1. The summed E-state index contributed by atoms with van der Waals surface area (Å²) in [5.41, 5.74) is 1.74. The fourth-order valence-corrected chi connectivity index (χ4v) is 3.61. The third kappa shape index (κ3) is 3.04. The lowest BCUT2D eigenvalue weighted by Crippen LogP contribution is -2.45. The Labute approximate surface area is 133 Å². The number of aliphatic carboxylic acids is 1. The number of carbonyl (C=O) groups is 2. The standard InChI is InChI=1S/C17H17NO3S/c19-16(13-6-7-22-11-13)18-9-14(8-15(10-18)17(20)21)12-4-2-1-3-5-12/h1-7,11,14-15H,8-10H2,(H,20,21)/t14-,15+/m1/s1. The van der Waals surface area contributed by atoms with E-state index in [-0.39, 0.29) is 18.4 Å². The molecule has 3 rings (SSSR count). The van der Waals surface area contributed by atoms with E-state index in [4.69, 9.17) is 0 Å². The molecule has 1 saturated heterocycles. The number of hydrogen-bond acceptors (Lipinski definition) is 3. The summed E-state index contributed by atoms with van der Waals surface area (Å²) in [6.07, 6.45) is 0.576. The molecular weight excluding hydrogens is 298 g/mol. The van der Waals surface area contributed by atoms with E-state index in [9.17, 15) is 14.7 Å². The second-order valence-corrected chi connectivity index (χ2v) is 6.38. The maximum atomic E-state index is 12.5. The summed E-state index contributed by atoms with van der Waals surface area (Å²) in [6.45, 7) is 0.857. The van der Waals surface area contributed by atoms with Crippen LogP contribution < -0.4 is 0 Å². The summed E-state index contributed by atoms with van der Waals surface area (Å²) < 4.78 is 0. The van der Waals surface area contributed by atoms with Crippen molar-refractivity contribution in [2.24, 2.45) is 5.92 Å². The molecular formula is C17H17NO3S. The number of likely N-dealkylation sites (tertiary alicyclic amines) is 1. The van der Waals surface area contributed by atoms with Crippen molar-refractivity contribution in [1.29, 1.82) is 0 Å². The van der Waals surface area contributed by atoms with Gasteiger partial charge in [0, 0.05) is 24.4 Å². The van der Waals surface area contributed by atoms with Crippen molar-refractivity contribution in [1.82, 2.24) is 4.90 Å². The van der Waals surface area contributed by atoms with Gasteiger partial charge in [0.1, 0.15) is 0 Å². The van der Waals surface area contributed by atoms with Crippen molar-refractivity contribution in [3.63, 3.8) is 0 Å². The van der Waals surface area contributed by atoms with Crippen LogP contribution in [-0.4, -0.2) is 35.0 Å². The molecule has 22 heavy (non-hydrogen) atoms. The molecule has 1 aromatic carbocycles. The Kier molecular flexibility index (Phi) is 4.24. The van der Waals surface area contributed by atoms with E-state index in [0.29, 0.717) is 18.5 Å². The Balaban J connectivity index is 1.84. The van der Waals surface area contributed by atoms with Crippen LogP contribution >= 0.6 is 11.3 Å². The van der Waals surface area contributed by atoms with Gasteiger partial charge >= 0.3 is 5.97 Å². The number of carbonyl (C=O) groups excluding carboxylic acids is 1. The van der Waals surface area contributed by atoms with Crippen molar-refractivity contribution >= 4 is 23.2 Å². The lowest BCUT2D eigenvalue weighted by molar-refractivity contribution is -0.143. The van der Waals surface area contributed by atoms with Gasteiger partial charge in [0.05, 0.1) is 11.5 Å². The van der Waals surface area contributed by atoms with Crippen LogP contribution in [0.5, 0.6) is 0 Å². The first kappa shape index (κ1) is 14.8. The molecule has 2 atom stereocenters. The van der Waals surface area contributed by atoms with Crippen LogP contribution in [0.3, 0.4) is 0 Å². The van der Waals surface area contributed by atoms with Crippen molar-refractivity contribution in [3.8, 4) is 0 Å². The highest BCUT2D eigenvalue weighted by Crippen LogP contribution is 2.31. The Hall–Kier alpha value is -2.14. The quantitative estimate of drug-likeness (QED) is 0.947. The molecule has 1 N–H and O–H groups in total. The molecule has 1 fully saturated rings. The molecule has 4 nitrogen and oxygen atoms in total.